The van der Waals surface area contributed by atoms with Gasteiger partial charge in [-0.15, -0.1) is 0 Å². The van der Waals surface area contributed by atoms with Crippen LogP contribution in [0.4, 0.5) is 5.69 Å². The molecule has 0 unspecified atom stereocenters. The zero-order chi connectivity index (χ0) is 30.2. The standard InChI is InChI=1S/C33H37N5S.C2H6/c1-9-23(15-26(10-2)36-21(3)17-33(5,6)7)24-11-12-29(34-8)27(16-24)22(4)32-37-30-19-35-18-28(31(30)38-32)25-13-14-39-20-25;1-2/h9-16,18-20,34,36H,2-4,17H2,1,5-8H3,(H,37,38);1-2H3/b23-9+,26-15+;. The molecule has 5 nitrogen and oxygen atoms in total. The fourth-order valence-electron chi connectivity index (χ4n) is 4.56. The lowest BCUT2D eigenvalue weighted by Gasteiger charge is -2.21. The topological polar surface area (TPSA) is 65.6 Å². The molecule has 0 fully saturated rings. The van der Waals surface area contributed by atoms with Crippen LogP contribution < -0.4 is 10.6 Å². The molecule has 0 bridgehead atoms. The molecular formula is C35H43N5S. The Kier molecular flexibility index (Phi) is 10.7. The Morgan fingerprint density at radius 2 is 1.88 bits per heavy atom. The van der Waals surface area contributed by atoms with Gasteiger partial charge in [-0.1, -0.05) is 66.5 Å². The fraction of sp³-hybridized carbons (Fsp3) is 0.257. The second-order valence-electron chi connectivity index (χ2n) is 10.7. The van der Waals surface area contributed by atoms with Crippen molar-refractivity contribution in [3.63, 3.8) is 0 Å². The number of hydrogen-bond donors (Lipinski definition) is 3. The van der Waals surface area contributed by atoms with E-state index in [4.69, 9.17) is 4.98 Å². The van der Waals surface area contributed by atoms with Crippen LogP contribution in [0, 0.1) is 5.41 Å². The molecule has 0 atom stereocenters. The lowest BCUT2D eigenvalue weighted by molar-refractivity contribution is 0.403. The summed E-state index contributed by atoms with van der Waals surface area (Å²) in [6, 6.07) is 8.42. The first kappa shape index (κ1) is 31.4. The number of fused-ring (bicyclic) bond motifs is 1. The van der Waals surface area contributed by atoms with Crippen molar-refractivity contribution in [2.24, 2.45) is 5.41 Å². The maximum atomic E-state index is 4.96. The van der Waals surface area contributed by atoms with Crippen LogP contribution in [0.1, 0.15) is 64.9 Å². The number of aromatic nitrogens is 3. The minimum absolute atomic E-state index is 0.148. The largest absolute Gasteiger partial charge is 0.388 e. The second kappa shape index (κ2) is 14.0. The van der Waals surface area contributed by atoms with E-state index in [-0.39, 0.29) is 5.41 Å². The molecule has 6 heteroatoms. The number of thiophene rings is 1. The maximum absolute atomic E-state index is 4.96. The molecule has 0 spiro atoms. The number of nitrogens with one attached hydrogen (secondary N) is 3. The van der Waals surface area contributed by atoms with Gasteiger partial charge in [0.25, 0.3) is 0 Å². The van der Waals surface area contributed by atoms with Gasteiger partial charge in [0.15, 0.2) is 0 Å². The summed E-state index contributed by atoms with van der Waals surface area (Å²) in [5.74, 6) is 0.715. The lowest BCUT2D eigenvalue weighted by atomic mass is 9.91. The van der Waals surface area contributed by atoms with E-state index in [0.29, 0.717) is 5.82 Å². The molecule has 4 aromatic rings. The van der Waals surface area contributed by atoms with Crippen molar-refractivity contribution in [3.05, 3.63) is 114 Å². The van der Waals surface area contributed by atoms with Crippen molar-refractivity contribution >= 4 is 39.2 Å². The Balaban J connectivity index is 0.00000226. The Bertz CT molecular complexity index is 1580. The van der Waals surface area contributed by atoms with Gasteiger partial charge in [0, 0.05) is 47.0 Å². The summed E-state index contributed by atoms with van der Waals surface area (Å²) in [7, 11) is 1.92. The van der Waals surface area contributed by atoms with Crippen LogP contribution in [-0.4, -0.2) is 22.0 Å². The van der Waals surface area contributed by atoms with Crippen molar-refractivity contribution in [2.75, 3.05) is 12.4 Å². The van der Waals surface area contributed by atoms with E-state index in [1.165, 1.54) is 0 Å². The van der Waals surface area contributed by atoms with Crippen molar-refractivity contribution in [1.29, 1.82) is 0 Å². The summed E-state index contributed by atoms with van der Waals surface area (Å²) in [6.45, 7) is 25.3. The van der Waals surface area contributed by atoms with Gasteiger partial charge in [-0.3, -0.25) is 4.98 Å². The first-order valence-electron chi connectivity index (χ1n) is 14.0. The van der Waals surface area contributed by atoms with E-state index in [2.05, 4.69) is 108 Å². The number of hydrogen-bond acceptors (Lipinski definition) is 5. The molecule has 3 heterocycles. The second-order valence-corrected chi connectivity index (χ2v) is 11.5. The highest BCUT2D eigenvalue weighted by atomic mass is 32.1. The highest BCUT2D eigenvalue weighted by molar-refractivity contribution is 7.08. The summed E-state index contributed by atoms with van der Waals surface area (Å²) in [5, 5.41) is 10.9. The molecule has 1 aromatic carbocycles. The molecule has 0 amide bonds. The molecule has 0 radical (unpaired) electrons. The van der Waals surface area contributed by atoms with Gasteiger partial charge in [0.05, 0.1) is 17.2 Å². The van der Waals surface area contributed by atoms with Crippen LogP contribution in [0.15, 0.2) is 96.8 Å². The van der Waals surface area contributed by atoms with E-state index < -0.39 is 0 Å². The van der Waals surface area contributed by atoms with Crippen LogP contribution in [0.5, 0.6) is 0 Å². The van der Waals surface area contributed by atoms with Gasteiger partial charge in [0.1, 0.15) is 5.82 Å². The number of nitrogens with zero attached hydrogens (tertiary/aromatic N) is 2. The molecule has 0 saturated heterocycles. The average molecular weight is 566 g/mol. The predicted octanol–water partition coefficient (Wildman–Crippen LogP) is 9.83. The molecule has 3 N–H and O–H groups in total. The summed E-state index contributed by atoms with van der Waals surface area (Å²) >= 11 is 1.66. The molecule has 3 aromatic heterocycles. The molecule has 4 rings (SSSR count). The number of imidazole rings is 1. The summed E-state index contributed by atoms with van der Waals surface area (Å²) in [4.78, 5) is 12.8. The molecule has 0 aliphatic heterocycles. The average Bonchev–Trinajstić information content (AvgIpc) is 3.65. The number of pyridine rings is 1. The summed E-state index contributed by atoms with van der Waals surface area (Å²) in [5.41, 5.74) is 10.8. The summed E-state index contributed by atoms with van der Waals surface area (Å²) < 4.78 is 0. The van der Waals surface area contributed by atoms with Gasteiger partial charge in [-0.2, -0.15) is 11.3 Å². The Labute approximate surface area is 249 Å². The minimum atomic E-state index is 0.148. The highest BCUT2D eigenvalue weighted by Gasteiger charge is 2.17. The number of allylic oxidation sites excluding steroid dienone is 5. The number of aromatic amines is 1. The monoisotopic (exact) mass is 565 g/mol. The van der Waals surface area contributed by atoms with Crippen molar-refractivity contribution in [1.82, 2.24) is 20.3 Å². The van der Waals surface area contributed by atoms with E-state index in [1.54, 1.807) is 11.3 Å². The highest BCUT2D eigenvalue weighted by Crippen LogP contribution is 2.34. The Morgan fingerprint density at radius 3 is 2.49 bits per heavy atom. The number of anilines is 1. The zero-order valence-corrected chi connectivity index (χ0v) is 26.3. The molecular weight excluding hydrogens is 522 g/mol. The van der Waals surface area contributed by atoms with Crippen molar-refractivity contribution in [2.45, 2.75) is 48.0 Å². The first-order chi connectivity index (χ1) is 19.6. The molecule has 41 heavy (non-hydrogen) atoms. The normalized spacial score (nSPS) is 12.0. The van der Waals surface area contributed by atoms with Gasteiger partial charge < -0.3 is 15.6 Å². The van der Waals surface area contributed by atoms with Crippen molar-refractivity contribution in [3.8, 4) is 11.1 Å². The number of benzene rings is 1. The lowest BCUT2D eigenvalue weighted by Crippen LogP contribution is -2.16. The third-order valence-electron chi connectivity index (χ3n) is 6.37. The minimum Gasteiger partial charge on any atom is -0.388 e. The van der Waals surface area contributed by atoms with Gasteiger partial charge >= 0.3 is 0 Å². The predicted molar refractivity (Wildman–Crippen MR) is 181 cm³/mol. The molecule has 214 valence electrons. The quantitative estimate of drug-likeness (QED) is 0.167. The fourth-order valence-corrected chi connectivity index (χ4v) is 5.22. The van der Waals surface area contributed by atoms with Crippen LogP contribution in [-0.2, 0) is 0 Å². The number of H-pyrrole nitrogens is 1. The van der Waals surface area contributed by atoms with E-state index in [1.807, 2.05) is 46.3 Å². The first-order valence-corrected chi connectivity index (χ1v) is 14.9. The Hall–Kier alpha value is -4.16. The Morgan fingerprint density at radius 1 is 1.12 bits per heavy atom. The third-order valence-corrected chi connectivity index (χ3v) is 7.05. The van der Waals surface area contributed by atoms with Gasteiger partial charge in [0.2, 0.25) is 0 Å². The van der Waals surface area contributed by atoms with Crippen LogP contribution in [0.2, 0.25) is 0 Å². The van der Waals surface area contributed by atoms with Gasteiger partial charge in [-0.25, -0.2) is 4.98 Å². The third kappa shape index (κ3) is 7.74. The molecule has 0 saturated carbocycles. The maximum Gasteiger partial charge on any atom is 0.138 e. The van der Waals surface area contributed by atoms with E-state index in [9.17, 15) is 0 Å². The van der Waals surface area contributed by atoms with Crippen LogP contribution >= 0.6 is 11.3 Å². The van der Waals surface area contributed by atoms with Crippen LogP contribution in [0.3, 0.4) is 0 Å². The molecule has 0 aliphatic carbocycles. The van der Waals surface area contributed by atoms with Gasteiger partial charge in [-0.05, 0) is 76.6 Å². The number of rotatable bonds is 10. The summed E-state index contributed by atoms with van der Waals surface area (Å²) in [6.07, 6.45) is 10.6. The van der Waals surface area contributed by atoms with Crippen molar-refractivity contribution < 1.29 is 0 Å². The zero-order valence-electron chi connectivity index (χ0n) is 25.5. The van der Waals surface area contributed by atoms with E-state index in [0.717, 1.165) is 67.9 Å². The molecule has 0 aliphatic rings. The van der Waals surface area contributed by atoms with E-state index >= 15 is 0 Å². The van der Waals surface area contributed by atoms with Crippen LogP contribution in [0.25, 0.3) is 33.3 Å². The smallest absolute Gasteiger partial charge is 0.138 e. The SMILES string of the molecule is C=C/C(=C\C(=C/C)c1ccc(NC)c(C(=C)c2nc3c(-c4ccsc4)cncc3[nH]2)c1)NC(=C)CC(C)(C)C.CC.